The van der Waals surface area contributed by atoms with Crippen LogP contribution < -0.4 is 10.5 Å². The van der Waals surface area contributed by atoms with E-state index < -0.39 is 0 Å². The molecule has 0 saturated heterocycles. The summed E-state index contributed by atoms with van der Waals surface area (Å²) in [5, 5.41) is 9.10. The number of aromatic nitrogens is 4. The van der Waals surface area contributed by atoms with Gasteiger partial charge in [-0.2, -0.15) is 10.2 Å². The second kappa shape index (κ2) is 8.19. The summed E-state index contributed by atoms with van der Waals surface area (Å²) in [4.78, 5) is 15.9. The summed E-state index contributed by atoms with van der Waals surface area (Å²) in [5.41, 5.74) is 7.91. The highest BCUT2D eigenvalue weighted by Gasteiger charge is 2.16. The number of pyridine rings is 2. The zero-order valence-corrected chi connectivity index (χ0v) is 13.3. The van der Waals surface area contributed by atoms with Crippen LogP contribution in [0.4, 0.5) is 5.95 Å². The predicted octanol–water partition coefficient (Wildman–Crippen LogP) is 2.39. The lowest BCUT2D eigenvalue weighted by molar-refractivity contribution is 0.396. The first kappa shape index (κ1) is 16.8. The molecular weight excluding hydrogens is 304 g/mol. The van der Waals surface area contributed by atoms with Crippen molar-refractivity contribution in [2.75, 3.05) is 12.8 Å². The normalized spacial score (nSPS) is 9.38. The Balaban J connectivity index is 0.000000249. The lowest BCUT2D eigenvalue weighted by Crippen LogP contribution is -2.03. The van der Waals surface area contributed by atoms with Crippen LogP contribution in [0, 0.1) is 18.3 Å². The van der Waals surface area contributed by atoms with Gasteiger partial charge in [-0.25, -0.2) is 4.98 Å². The van der Waals surface area contributed by atoms with Crippen molar-refractivity contribution in [3.63, 3.8) is 0 Å². The fourth-order valence-electron chi connectivity index (χ4n) is 1.84. The van der Waals surface area contributed by atoms with E-state index in [-0.39, 0.29) is 17.4 Å². The zero-order chi connectivity index (χ0) is 17.4. The molecule has 0 saturated carbocycles. The van der Waals surface area contributed by atoms with Crippen LogP contribution >= 0.6 is 0 Å². The van der Waals surface area contributed by atoms with Crippen molar-refractivity contribution in [2.24, 2.45) is 0 Å². The molecule has 3 rings (SSSR count). The number of nitrogens with two attached hydrogens (primary N) is 1. The third-order valence-corrected chi connectivity index (χ3v) is 2.92. The van der Waals surface area contributed by atoms with Crippen LogP contribution in [0.5, 0.6) is 5.88 Å². The monoisotopic (exact) mass is 320 g/mol. The number of nitrogen functional groups attached to an aromatic ring is 1. The maximum Gasteiger partial charge on any atom is 0.237 e. The van der Waals surface area contributed by atoms with E-state index in [0.29, 0.717) is 11.4 Å². The lowest BCUT2D eigenvalue weighted by atomic mass is 10.1. The predicted molar refractivity (Wildman–Crippen MR) is 89.9 cm³/mol. The van der Waals surface area contributed by atoms with Crippen LogP contribution in [0.2, 0.25) is 0 Å². The van der Waals surface area contributed by atoms with Gasteiger partial charge in [0.1, 0.15) is 17.3 Å². The molecule has 0 spiro atoms. The summed E-state index contributed by atoms with van der Waals surface area (Å²) in [6.45, 7) is 2.02. The van der Waals surface area contributed by atoms with Crippen LogP contribution in [-0.2, 0) is 0 Å². The summed E-state index contributed by atoms with van der Waals surface area (Å²) < 4.78 is 5.00. The molecule has 0 fully saturated rings. The molecule has 0 amide bonds. The van der Waals surface area contributed by atoms with E-state index in [1.54, 1.807) is 30.6 Å². The molecule has 2 N–H and O–H groups in total. The number of anilines is 1. The maximum atomic E-state index is 9.10. The first-order chi connectivity index (χ1) is 11.7. The topological polar surface area (TPSA) is 111 Å². The van der Waals surface area contributed by atoms with Gasteiger partial charge in [-0.1, -0.05) is 12.1 Å². The number of aryl methyl sites for hydroxylation is 1. The molecule has 0 aliphatic heterocycles. The van der Waals surface area contributed by atoms with Gasteiger partial charge in [0.2, 0.25) is 11.8 Å². The fourth-order valence-corrected chi connectivity index (χ4v) is 1.84. The molecule has 120 valence electrons. The Morgan fingerprint density at radius 1 is 1.12 bits per heavy atom. The Labute approximate surface area is 139 Å². The van der Waals surface area contributed by atoms with Crippen molar-refractivity contribution < 1.29 is 4.74 Å². The van der Waals surface area contributed by atoms with Crippen molar-refractivity contribution >= 4 is 5.95 Å². The van der Waals surface area contributed by atoms with E-state index in [0.717, 1.165) is 0 Å². The third-order valence-electron chi connectivity index (χ3n) is 2.92. The van der Waals surface area contributed by atoms with E-state index in [9.17, 15) is 0 Å². The molecule has 0 aliphatic carbocycles. The summed E-state index contributed by atoms with van der Waals surface area (Å²) >= 11 is 0. The van der Waals surface area contributed by atoms with Gasteiger partial charge in [-0.3, -0.25) is 9.97 Å². The van der Waals surface area contributed by atoms with Gasteiger partial charge in [-0.15, -0.1) is 0 Å². The minimum Gasteiger partial charge on any atom is -0.480 e. The molecule has 7 heteroatoms. The molecule has 0 bridgehead atoms. The minimum atomic E-state index is 0.0431. The van der Waals surface area contributed by atoms with Crippen LogP contribution in [0.15, 0.2) is 48.9 Å². The molecular formula is C17H16N6O. The molecule has 3 aromatic heterocycles. The van der Waals surface area contributed by atoms with Gasteiger partial charge < -0.3 is 10.5 Å². The maximum absolute atomic E-state index is 9.10. The molecule has 0 aliphatic rings. The van der Waals surface area contributed by atoms with Gasteiger partial charge in [0.25, 0.3) is 0 Å². The quantitative estimate of drug-likeness (QED) is 0.771. The Hall–Kier alpha value is -3.53. The number of rotatable bonds is 2. The van der Waals surface area contributed by atoms with Crippen LogP contribution in [-0.4, -0.2) is 27.0 Å². The number of nitriles is 1. The standard InChI is InChI=1S/C11H9N5O.C6H7N/c1-17-10-7(6-12)9(15-11(13)16-10)8-4-2-3-5-14-8;1-6-3-2-4-7-5-6/h2-5H,1H3,(H2,13,15,16);2-5H,1H3. The summed E-state index contributed by atoms with van der Waals surface area (Å²) in [6.07, 6.45) is 5.22. The fraction of sp³-hybridized carbons (Fsp3) is 0.118. The zero-order valence-electron chi connectivity index (χ0n) is 13.3. The highest BCUT2D eigenvalue weighted by atomic mass is 16.5. The molecule has 24 heavy (non-hydrogen) atoms. The van der Waals surface area contributed by atoms with Gasteiger partial charge >= 0.3 is 0 Å². The van der Waals surface area contributed by atoms with Crippen molar-refractivity contribution in [3.05, 3.63) is 60.0 Å². The van der Waals surface area contributed by atoms with Crippen molar-refractivity contribution in [3.8, 4) is 23.3 Å². The lowest BCUT2D eigenvalue weighted by Gasteiger charge is -2.07. The second-order valence-corrected chi connectivity index (χ2v) is 4.67. The molecule has 0 radical (unpaired) electrons. The summed E-state index contributed by atoms with van der Waals surface area (Å²) in [6, 6.07) is 11.3. The van der Waals surface area contributed by atoms with Crippen LogP contribution in [0.25, 0.3) is 11.4 Å². The Bertz CT molecular complexity index is 831. The molecule has 3 aromatic rings. The van der Waals surface area contributed by atoms with Gasteiger partial charge in [0.05, 0.1) is 12.8 Å². The Morgan fingerprint density at radius 3 is 2.46 bits per heavy atom. The van der Waals surface area contributed by atoms with Crippen LogP contribution in [0.1, 0.15) is 11.1 Å². The largest absolute Gasteiger partial charge is 0.480 e. The number of nitrogens with zero attached hydrogens (tertiary/aromatic N) is 5. The van der Waals surface area contributed by atoms with Crippen LogP contribution in [0.3, 0.4) is 0 Å². The number of hydrogen-bond donors (Lipinski definition) is 1. The number of hydrogen-bond acceptors (Lipinski definition) is 7. The number of methoxy groups -OCH3 is 1. The highest BCUT2D eigenvalue weighted by Crippen LogP contribution is 2.26. The molecule has 0 atom stereocenters. The average Bonchev–Trinajstić information content (AvgIpc) is 2.63. The van der Waals surface area contributed by atoms with Gasteiger partial charge in [-0.05, 0) is 30.7 Å². The second-order valence-electron chi connectivity index (χ2n) is 4.67. The van der Waals surface area contributed by atoms with E-state index in [2.05, 4.69) is 19.9 Å². The van der Waals surface area contributed by atoms with Crippen molar-refractivity contribution in [2.45, 2.75) is 6.92 Å². The van der Waals surface area contributed by atoms with Gasteiger partial charge in [0, 0.05) is 18.6 Å². The van der Waals surface area contributed by atoms with Crippen molar-refractivity contribution in [1.82, 2.24) is 19.9 Å². The Kier molecular flexibility index (Phi) is 5.75. The first-order valence-corrected chi connectivity index (χ1v) is 7.05. The van der Waals surface area contributed by atoms with Gasteiger partial charge in [0.15, 0.2) is 0 Å². The van der Waals surface area contributed by atoms with E-state index >= 15 is 0 Å². The molecule has 0 aromatic carbocycles. The third kappa shape index (κ3) is 4.24. The van der Waals surface area contributed by atoms with E-state index in [1.165, 1.54) is 12.7 Å². The number of ether oxygens (including phenoxy) is 1. The molecule has 0 unspecified atom stereocenters. The minimum absolute atomic E-state index is 0.0431. The summed E-state index contributed by atoms with van der Waals surface area (Å²) in [7, 11) is 1.42. The SMILES string of the molecule is COc1nc(N)nc(-c2ccccn2)c1C#N.Cc1cccnc1. The van der Waals surface area contributed by atoms with Crippen molar-refractivity contribution in [1.29, 1.82) is 5.26 Å². The Morgan fingerprint density at radius 2 is 1.96 bits per heavy atom. The average molecular weight is 320 g/mol. The first-order valence-electron chi connectivity index (χ1n) is 7.05. The smallest absolute Gasteiger partial charge is 0.237 e. The molecule has 7 nitrogen and oxygen atoms in total. The van der Waals surface area contributed by atoms with E-state index in [1.807, 2.05) is 31.3 Å². The molecule has 3 heterocycles. The van der Waals surface area contributed by atoms with E-state index in [4.69, 9.17) is 15.7 Å². The highest BCUT2D eigenvalue weighted by molar-refractivity contribution is 5.66. The summed E-state index contributed by atoms with van der Waals surface area (Å²) in [5.74, 6) is 0.196.